The number of carbonyl (C=O) groups is 1. The van der Waals surface area contributed by atoms with Crippen molar-refractivity contribution in [3.8, 4) is 17.2 Å². The van der Waals surface area contributed by atoms with Gasteiger partial charge in [0.25, 0.3) is 5.91 Å². The Labute approximate surface area is 176 Å². The molecule has 8 nitrogen and oxygen atoms in total. The van der Waals surface area contributed by atoms with Crippen LogP contribution in [0.1, 0.15) is 12.0 Å². The number of carbonyl (C=O) groups excluding carboxylic acids is 1. The van der Waals surface area contributed by atoms with E-state index in [1.165, 1.54) is 4.31 Å². The number of anilines is 1. The normalized spacial score (nSPS) is 16.1. The first-order valence-electron chi connectivity index (χ1n) is 9.55. The van der Waals surface area contributed by atoms with Gasteiger partial charge >= 0.3 is 0 Å². The molecule has 1 heterocycles. The zero-order valence-corrected chi connectivity index (χ0v) is 18.1. The third-order valence-corrected chi connectivity index (χ3v) is 6.03. The highest BCUT2D eigenvalue weighted by atomic mass is 32.2. The molecular formula is C21H26N2O6S. The molecular weight excluding hydrogens is 408 g/mol. The summed E-state index contributed by atoms with van der Waals surface area (Å²) in [7, 11) is -0.327. The van der Waals surface area contributed by atoms with E-state index >= 15 is 0 Å². The molecule has 2 aromatic carbocycles. The predicted molar refractivity (Wildman–Crippen MR) is 114 cm³/mol. The molecule has 0 bridgehead atoms. The van der Waals surface area contributed by atoms with Crippen molar-refractivity contribution in [3.05, 3.63) is 48.0 Å². The molecule has 1 amide bonds. The molecule has 162 valence electrons. The second kappa shape index (κ2) is 9.25. The van der Waals surface area contributed by atoms with Crippen LogP contribution in [0.15, 0.2) is 42.5 Å². The van der Waals surface area contributed by atoms with E-state index in [0.29, 0.717) is 35.9 Å². The van der Waals surface area contributed by atoms with Gasteiger partial charge in [-0.15, -0.1) is 0 Å². The maximum Gasteiger partial charge on any atom is 0.261 e. The van der Waals surface area contributed by atoms with Crippen LogP contribution in [0.25, 0.3) is 0 Å². The van der Waals surface area contributed by atoms with Gasteiger partial charge in [0.1, 0.15) is 5.75 Å². The summed E-state index contributed by atoms with van der Waals surface area (Å²) in [6.07, 6.45) is 1.23. The standard InChI is InChI=1S/C21H26N2O6S/c1-27-18-9-8-15(14-20(18)28-2)10-12-22-21(24)19-11-13-23(30(3,25)26)16-6-4-5-7-17(16)29-19/h4-9,14,19H,10-13H2,1-3H3,(H,22,24)/t19-/m0/s1. The van der Waals surface area contributed by atoms with Crippen molar-refractivity contribution >= 4 is 21.6 Å². The van der Waals surface area contributed by atoms with Crippen molar-refractivity contribution < 1.29 is 27.4 Å². The number of para-hydroxylation sites is 2. The van der Waals surface area contributed by atoms with Crippen LogP contribution < -0.4 is 23.8 Å². The average molecular weight is 435 g/mol. The quantitative estimate of drug-likeness (QED) is 0.716. The fourth-order valence-corrected chi connectivity index (χ4v) is 4.28. The molecule has 0 aliphatic carbocycles. The van der Waals surface area contributed by atoms with Crippen molar-refractivity contribution in [2.24, 2.45) is 0 Å². The van der Waals surface area contributed by atoms with Gasteiger partial charge in [-0.05, 0) is 36.2 Å². The highest BCUT2D eigenvalue weighted by molar-refractivity contribution is 7.92. The Balaban J connectivity index is 1.64. The zero-order chi connectivity index (χ0) is 21.7. The Morgan fingerprint density at radius 1 is 1.17 bits per heavy atom. The molecule has 0 fully saturated rings. The average Bonchev–Trinajstić information content (AvgIpc) is 2.93. The summed E-state index contributed by atoms with van der Waals surface area (Å²) >= 11 is 0. The van der Waals surface area contributed by atoms with Crippen LogP contribution in [0, 0.1) is 0 Å². The minimum atomic E-state index is -3.48. The summed E-state index contributed by atoms with van der Waals surface area (Å²) in [5.41, 5.74) is 1.43. The lowest BCUT2D eigenvalue weighted by atomic mass is 10.1. The second-order valence-corrected chi connectivity index (χ2v) is 8.84. The summed E-state index contributed by atoms with van der Waals surface area (Å²) < 4.78 is 42.0. The number of amides is 1. The van der Waals surface area contributed by atoms with Gasteiger partial charge in [-0.1, -0.05) is 18.2 Å². The van der Waals surface area contributed by atoms with Crippen LogP contribution in [-0.2, 0) is 21.2 Å². The highest BCUT2D eigenvalue weighted by Gasteiger charge is 2.30. The van der Waals surface area contributed by atoms with Gasteiger partial charge in [-0.3, -0.25) is 9.10 Å². The highest BCUT2D eigenvalue weighted by Crippen LogP contribution is 2.33. The Hall–Kier alpha value is -2.94. The number of sulfonamides is 1. The number of nitrogens with zero attached hydrogens (tertiary/aromatic N) is 1. The second-order valence-electron chi connectivity index (χ2n) is 6.93. The van der Waals surface area contributed by atoms with Crippen LogP contribution in [-0.4, -0.2) is 54.0 Å². The topological polar surface area (TPSA) is 94.2 Å². The number of nitrogens with one attached hydrogen (secondary N) is 1. The van der Waals surface area contributed by atoms with Crippen molar-refractivity contribution in [2.45, 2.75) is 18.9 Å². The molecule has 0 saturated carbocycles. The summed E-state index contributed by atoms with van der Waals surface area (Å²) in [5, 5.41) is 2.88. The first-order chi connectivity index (χ1) is 14.3. The summed E-state index contributed by atoms with van der Waals surface area (Å²) in [6, 6.07) is 12.4. The van der Waals surface area contributed by atoms with E-state index in [-0.39, 0.29) is 18.9 Å². The third kappa shape index (κ3) is 4.96. The first kappa shape index (κ1) is 21.8. The maximum atomic E-state index is 12.7. The van der Waals surface area contributed by atoms with E-state index in [2.05, 4.69) is 5.32 Å². The van der Waals surface area contributed by atoms with E-state index < -0.39 is 16.1 Å². The minimum Gasteiger partial charge on any atom is -0.493 e. The lowest BCUT2D eigenvalue weighted by Crippen LogP contribution is -2.40. The Morgan fingerprint density at radius 3 is 2.60 bits per heavy atom. The van der Waals surface area contributed by atoms with Gasteiger partial charge in [0.2, 0.25) is 10.0 Å². The lowest BCUT2D eigenvalue weighted by Gasteiger charge is -2.20. The van der Waals surface area contributed by atoms with Gasteiger partial charge in [-0.2, -0.15) is 0 Å². The van der Waals surface area contributed by atoms with Gasteiger partial charge in [0.15, 0.2) is 17.6 Å². The molecule has 1 aliphatic rings. The number of benzene rings is 2. The monoisotopic (exact) mass is 434 g/mol. The van der Waals surface area contributed by atoms with Crippen LogP contribution >= 0.6 is 0 Å². The molecule has 9 heteroatoms. The molecule has 0 spiro atoms. The third-order valence-electron chi connectivity index (χ3n) is 4.85. The Bertz CT molecular complexity index is 1010. The van der Waals surface area contributed by atoms with E-state index in [1.807, 2.05) is 18.2 Å². The number of hydrogen-bond donors (Lipinski definition) is 1. The zero-order valence-electron chi connectivity index (χ0n) is 17.3. The molecule has 0 radical (unpaired) electrons. The molecule has 0 unspecified atom stereocenters. The number of methoxy groups -OCH3 is 2. The molecule has 2 aromatic rings. The number of rotatable bonds is 7. The lowest BCUT2D eigenvalue weighted by molar-refractivity contribution is -0.128. The van der Waals surface area contributed by atoms with Gasteiger partial charge in [0.05, 0.1) is 26.2 Å². The molecule has 1 N–H and O–H groups in total. The molecule has 0 aromatic heterocycles. The SMILES string of the molecule is COc1ccc(CCNC(=O)[C@@H]2CCN(S(C)(=O)=O)c3ccccc3O2)cc1OC. The van der Waals surface area contributed by atoms with Crippen LogP contribution in [0.2, 0.25) is 0 Å². The Kier molecular flexibility index (Phi) is 6.71. The van der Waals surface area contributed by atoms with Gasteiger partial charge in [-0.25, -0.2) is 8.42 Å². The van der Waals surface area contributed by atoms with E-state index in [4.69, 9.17) is 14.2 Å². The van der Waals surface area contributed by atoms with Gasteiger partial charge in [0, 0.05) is 19.5 Å². The molecule has 0 saturated heterocycles. The van der Waals surface area contributed by atoms with Crippen molar-refractivity contribution in [1.29, 1.82) is 0 Å². The fourth-order valence-electron chi connectivity index (χ4n) is 3.34. The van der Waals surface area contributed by atoms with Gasteiger partial charge < -0.3 is 19.5 Å². The van der Waals surface area contributed by atoms with E-state index in [0.717, 1.165) is 11.8 Å². The summed E-state index contributed by atoms with van der Waals surface area (Å²) in [6.45, 7) is 0.579. The minimum absolute atomic E-state index is 0.170. The van der Waals surface area contributed by atoms with Crippen molar-refractivity contribution in [3.63, 3.8) is 0 Å². The molecule has 1 aliphatic heterocycles. The van der Waals surface area contributed by atoms with Crippen molar-refractivity contribution in [2.75, 3.05) is 37.9 Å². The molecule has 1 atom stereocenters. The number of fused-ring (bicyclic) bond motifs is 1. The smallest absolute Gasteiger partial charge is 0.261 e. The summed E-state index contributed by atoms with van der Waals surface area (Å²) in [5.74, 6) is 1.37. The molecule has 30 heavy (non-hydrogen) atoms. The number of hydrogen-bond acceptors (Lipinski definition) is 6. The van der Waals surface area contributed by atoms with Crippen LogP contribution in [0.5, 0.6) is 17.2 Å². The van der Waals surface area contributed by atoms with Crippen molar-refractivity contribution in [1.82, 2.24) is 5.32 Å². The fraction of sp³-hybridized carbons (Fsp3) is 0.381. The van der Waals surface area contributed by atoms with Crippen LogP contribution in [0.4, 0.5) is 5.69 Å². The predicted octanol–water partition coefficient (Wildman–Crippen LogP) is 1.98. The summed E-state index contributed by atoms with van der Waals surface area (Å²) in [4.78, 5) is 12.7. The Morgan fingerprint density at radius 2 is 1.90 bits per heavy atom. The molecule has 3 rings (SSSR count). The largest absolute Gasteiger partial charge is 0.493 e. The number of ether oxygens (including phenoxy) is 3. The van der Waals surface area contributed by atoms with Crippen LogP contribution in [0.3, 0.4) is 0 Å². The van der Waals surface area contributed by atoms with E-state index in [9.17, 15) is 13.2 Å². The maximum absolute atomic E-state index is 12.7. The van der Waals surface area contributed by atoms with E-state index in [1.54, 1.807) is 38.5 Å². The first-order valence-corrected chi connectivity index (χ1v) is 11.4.